The summed E-state index contributed by atoms with van der Waals surface area (Å²) >= 11 is 7.15. The van der Waals surface area contributed by atoms with E-state index in [4.69, 9.17) is 12.2 Å². The molecule has 0 heterocycles. The number of nitrogens with one attached hydrogen (secondary N) is 2. The van der Waals surface area contributed by atoms with Gasteiger partial charge in [-0.1, -0.05) is 36.8 Å². The van der Waals surface area contributed by atoms with Crippen molar-refractivity contribution in [2.75, 3.05) is 17.6 Å². The Labute approximate surface area is 142 Å². The van der Waals surface area contributed by atoms with Gasteiger partial charge in [-0.15, -0.1) is 11.8 Å². The SMILES string of the molecule is CCc1ccc(NC(=S)NCCSc2ccc(C)cc2)cc1. The zero-order chi connectivity index (χ0) is 15.8. The van der Waals surface area contributed by atoms with Crippen molar-refractivity contribution < 1.29 is 0 Å². The van der Waals surface area contributed by atoms with Crippen molar-refractivity contribution >= 4 is 34.8 Å². The van der Waals surface area contributed by atoms with Gasteiger partial charge in [0.2, 0.25) is 0 Å². The van der Waals surface area contributed by atoms with E-state index in [0.29, 0.717) is 5.11 Å². The molecule has 2 N–H and O–H groups in total. The highest BCUT2D eigenvalue weighted by molar-refractivity contribution is 7.99. The van der Waals surface area contributed by atoms with E-state index >= 15 is 0 Å². The average molecular weight is 331 g/mol. The molecule has 2 aromatic carbocycles. The van der Waals surface area contributed by atoms with Gasteiger partial charge in [-0.25, -0.2) is 0 Å². The van der Waals surface area contributed by atoms with Crippen LogP contribution in [-0.2, 0) is 6.42 Å². The van der Waals surface area contributed by atoms with Gasteiger partial charge >= 0.3 is 0 Å². The lowest BCUT2D eigenvalue weighted by Gasteiger charge is -2.11. The highest BCUT2D eigenvalue weighted by atomic mass is 32.2. The number of hydrogen-bond donors (Lipinski definition) is 2. The van der Waals surface area contributed by atoms with Gasteiger partial charge in [0.15, 0.2) is 5.11 Å². The van der Waals surface area contributed by atoms with Crippen LogP contribution in [0.25, 0.3) is 0 Å². The number of hydrogen-bond acceptors (Lipinski definition) is 2. The molecule has 0 bridgehead atoms. The summed E-state index contributed by atoms with van der Waals surface area (Å²) in [6.07, 6.45) is 1.05. The number of aryl methyl sites for hydroxylation is 2. The summed E-state index contributed by atoms with van der Waals surface area (Å²) in [6, 6.07) is 17.0. The van der Waals surface area contributed by atoms with Gasteiger partial charge in [0, 0.05) is 22.9 Å². The van der Waals surface area contributed by atoms with Crippen LogP contribution in [-0.4, -0.2) is 17.4 Å². The molecular weight excluding hydrogens is 308 g/mol. The molecular formula is C18H22N2S2. The molecule has 0 radical (unpaired) electrons. The molecule has 2 nitrogen and oxygen atoms in total. The standard InChI is InChI=1S/C18H22N2S2/c1-3-15-6-8-16(9-7-15)20-18(21)19-12-13-22-17-10-4-14(2)5-11-17/h4-11H,3,12-13H2,1-2H3,(H2,19,20,21). The van der Waals surface area contributed by atoms with Crippen LogP contribution in [0.2, 0.25) is 0 Å². The van der Waals surface area contributed by atoms with E-state index < -0.39 is 0 Å². The molecule has 0 atom stereocenters. The van der Waals surface area contributed by atoms with Gasteiger partial charge in [-0.3, -0.25) is 0 Å². The van der Waals surface area contributed by atoms with Crippen molar-refractivity contribution in [3.05, 3.63) is 59.7 Å². The lowest BCUT2D eigenvalue weighted by molar-refractivity contribution is 0.990. The van der Waals surface area contributed by atoms with Gasteiger partial charge in [0.1, 0.15) is 0 Å². The molecule has 0 aliphatic carbocycles. The maximum Gasteiger partial charge on any atom is 0.170 e. The molecule has 0 saturated heterocycles. The number of thiocarbonyl (C=S) groups is 1. The second kappa shape index (κ2) is 8.81. The summed E-state index contributed by atoms with van der Waals surface area (Å²) in [4.78, 5) is 1.29. The second-order valence-electron chi connectivity index (χ2n) is 5.09. The first-order valence-corrected chi connectivity index (χ1v) is 8.90. The second-order valence-corrected chi connectivity index (χ2v) is 6.67. The van der Waals surface area contributed by atoms with Gasteiger partial charge in [-0.05, 0) is 55.4 Å². The molecule has 0 fully saturated rings. The summed E-state index contributed by atoms with van der Waals surface area (Å²) in [5.74, 6) is 0.986. The van der Waals surface area contributed by atoms with E-state index in [0.717, 1.165) is 24.4 Å². The Hall–Kier alpha value is -1.52. The Balaban J connectivity index is 1.67. The van der Waals surface area contributed by atoms with Crippen molar-refractivity contribution in [1.29, 1.82) is 0 Å². The third-order valence-corrected chi connectivity index (χ3v) is 4.56. The normalized spacial score (nSPS) is 10.3. The van der Waals surface area contributed by atoms with Crippen LogP contribution in [0.4, 0.5) is 5.69 Å². The predicted molar refractivity (Wildman–Crippen MR) is 102 cm³/mol. The Morgan fingerprint density at radius 1 is 1.05 bits per heavy atom. The third kappa shape index (κ3) is 5.70. The molecule has 2 rings (SSSR count). The van der Waals surface area contributed by atoms with Gasteiger partial charge in [0.05, 0.1) is 0 Å². The van der Waals surface area contributed by atoms with Crippen LogP contribution in [0.3, 0.4) is 0 Å². The minimum Gasteiger partial charge on any atom is -0.362 e. The smallest absolute Gasteiger partial charge is 0.170 e. The molecule has 22 heavy (non-hydrogen) atoms. The monoisotopic (exact) mass is 330 g/mol. The quantitative estimate of drug-likeness (QED) is 0.458. The summed E-state index contributed by atoms with van der Waals surface area (Å²) in [6.45, 7) is 5.10. The number of anilines is 1. The van der Waals surface area contributed by atoms with Gasteiger partial charge in [0.25, 0.3) is 0 Å². The van der Waals surface area contributed by atoms with E-state index in [9.17, 15) is 0 Å². The van der Waals surface area contributed by atoms with Crippen LogP contribution in [0.5, 0.6) is 0 Å². The van der Waals surface area contributed by atoms with Gasteiger partial charge < -0.3 is 10.6 Å². The van der Waals surface area contributed by atoms with E-state index in [1.165, 1.54) is 16.0 Å². The lowest BCUT2D eigenvalue weighted by atomic mass is 10.1. The molecule has 0 aliphatic rings. The van der Waals surface area contributed by atoms with Crippen LogP contribution in [0, 0.1) is 6.92 Å². The van der Waals surface area contributed by atoms with E-state index in [1.807, 2.05) is 11.8 Å². The first-order chi connectivity index (χ1) is 10.7. The lowest BCUT2D eigenvalue weighted by Crippen LogP contribution is -2.30. The number of thioether (sulfide) groups is 1. The van der Waals surface area contributed by atoms with E-state index in [-0.39, 0.29) is 0 Å². The van der Waals surface area contributed by atoms with Crippen molar-refractivity contribution in [2.45, 2.75) is 25.2 Å². The minimum atomic E-state index is 0.675. The Kier molecular flexibility index (Phi) is 6.74. The topological polar surface area (TPSA) is 24.1 Å². The molecule has 2 aromatic rings. The van der Waals surface area contributed by atoms with Crippen molar-refractivity contribution in [2.24, 2.45) is 0 Å². The van der Waals surface area contributed by atoms with E-state index in [1.54, 1.807) is 0 Å². The highest BCUT2D eigenvalue weighted by Crippen LogP contribution is 2.17. The molecule has 4 heteroatoms. The van der Waals surface area contributed by atoms with Crippen LogP contribution in [0.1, 0.15) is 18.1 Å². The van der Waals surface area contributed by atoms with Crippen LogP contribution in [0.15, 0.2) is 53.4 Å². The number of rotatable bonds is 6. The van der Waals surface area contributed by atoms with Crippen LogP contribution < -0.4 is 10.6 Å². The maximum atomic E-state index is 5.31. The fraction of sp³-hybridized carbons (Fsp3) is 0.278. The molecule has 0 aliphatic heterocycles. The Bertz CT molecular complexity index is 591. The molecule has 0 spiro atoms. The maximum absolute atomic E-state index is 5.31. The van der Waals surface area contributed by atoms with Crippen molar-refractivity contribution in [3.8, 4) is 0 Å². The van der Waals surface area contributed by atoms with Crippen molar-refractivity contribution in [3.63, 3.8) is 0 Å². The fourth-order valence-electron chi connectivity index (χ4n) is 1.97. The molecule has 0 aromatic heterocycles. The average Bonchev–Trinajstić information content (AvgIpc) is 2.54. The Morgan fingerprint density at radius 3 is 2.36 bits per heavy atom. The summed E-state index contributed by atoms with van der Waals surface area (Å²) < 4.78 is 0. The van der Waals surface area contributed by atoms with Gasteiger partial charge in [-0.2, -0.15) is 0 Å². The third-order valence-electron chi connectivity index (χ3n) is 3.30. The first kappa shape index (κ1) is 16.8. The highest BCUT2D eigenvalue weighted by Gasteiger charge is 1.98. The molecule has 0 unspecified atom stereocenters. The predicted octanol–water partition coefficient (Wildman–Crippen LogP) is 4.64. The summed E-state index contributed by atoms with van der Waals surface area (Å²) in [5, 5.41) is 7.13. The van der Waals surface area contributed by atoms with Crippen LogP contribution >= 0.6 is 24.0 Å². The molecule has 0 amide bonds. The zero-order valence-electron chi connectivity index (χ0n) is 13.1. The van der Waals surface area contributed by atoms with E-state index in [2.05, 4.69) is 73.0 Å². The fourth-order valence-corrected chi connectivity index (χ4v) is 2.96. The van der Waals surface area contributed by atoms with Crippen molar-refractivity contribution in [1.82, 2.24) is 5.32 Å². The first-order valence-electron chi connectivity index (χ1n) is 7.50. The minimum absolute atomic E-state index is 0.675. The summed E-state index contributed by atoms with van der Waals surface area (Å²) in [5.41, 5.74) is 3.65. The largest absolute Gasteiger partial charge is 0.362 e. The number of benzene rings is 2. The molecule has 0 saturated carbocycles. The zero-order valence-corrected chi connectivity index (χ0v) is 14.7. The Morgan fingerprint density at radius 2 is 1.73 bits per heavy atom. The molecule has 116 valence electrons. The summed E-state index contributed by atoms with van der Waals surface area (Å²) in [7, 11) is 0.